The quantitative estimate of drug-likeness (QED) is 0.829. The van der Waals surface area contributed by atoms with Gasteiger partial charge in [-0.1, -0.05) is 12.1 Å². The number of nitrogens with one attached hydrogen (secondary N) is 2. The van der Waals surface area contributed by atoms with Crippen molar-refractivity contribution < 1.29 is 9.18 Å². The van der Waals surface area contributed by atoms with Crippen LogP contribution >= 0.6 is 0 Å². The van der Waals surface area contributed by atoms with Gasteiger partial charge in [-0.3, -0.25) is 0 Å². The van der Waals surface area contributed by atoms with Crippen molar-refractivity contribution in [2.45, 2.75) is 25.8 Å². The second-order valence-electron chi connectivity index (χ2n) is 4.57. The third-order valence-electron chi connectivity index (χ3n) is 2.94. The fraction of sp³-hybridized carbons (Fsp3) is 0.462. The van der Waals surface area contributed by atoms with Gasteiger partial charge in [0.25, 0.3) is 0 Å². The van der Waals surface area contributed by atoms with Gasteiger partial charge in [-0.05, 0) is 43.4 Å². The van der Waals surface area contributed by atoms with Crippen LogP contribution in [0.4, 0.5) is 9.18 Å². The lowest BCUT2D eigenvalue weighted by molar-refractivity contribution is 0.237. The fourth-order valence-corrected chi connectivity index (χ4v) is 1.67. The zero-order valence-electron chi connectivity index (χ0n) is 9.87. The highest BCUT2D eigenvalue weighted by Crippen LogP contribution is 2.27. The Bertz CT molecular complexity index is 404. The summed E-state index contributed by atoms with van der Waals surface area (Å²) in [6.07, 6.45) is 2.42. The summed E-state index contributed by atoms with van der Waals surface area (Å²) in [5.41, 5.74) is 0.770. The summed E-state index contributed by atoms with van der Waals surface area (Å²) in [6, 6.07) is 5.90. The molecule has 0 unspecified atom stereocenters. The molecule has 1 fully saturated rings. The zero-order valence-corrected chi connectivity index (χ0v) is 9.87. The van der Waals surface area contributed by atoms with E-state index in [1.54, 1.807) is 12.1 Å². The first-order valence-electron chi connectivity index (χ1n) is 5.95. The molecule has 2 amide bonds. The Morgan fingerprint density at radius 3 is 2.94 bits per heavy atom. The first kappa shape index (κ1) is 11.9. The van der Waals surface area contributed by atoms with Gasteiger partial charge in [0.1, 0.15) is 5.82 Å². The Morgan fingerprint density at radius 2 is 2.29 bits per heavy atom. The molecule has 3 nitrogen and oxygen atoms in total. The first-order chi connectivity index (χ1) is 8.15. The lowest BCUT2D eigenvalue weighted by atomic mass is 10.1. The second-order valence-corrected chi connectivity index (χ2v) is 4.57. The van der Waals surface area contributed by atoms with Gasteiger partial charge in [0.05, 0.1) is 6.04 Å². The maximum atomic E-state index is 13.0. The number of urea groups is 1. The Morgan fingerprint density at radius 1 is 1.53 bits per heavy atom. The second kappa shape index (κ2) is 5.17. The summed E-state index contributed by atoms with van der Waals surface area (Å²) in [5, 5.41) is 5.61. The maximum absolute atomic E-state index is 13.0. The van der Waals surface area contributed by atoms with E-state index in [1.165, 1.54) is 25.0 Å². The molecular weight excluding hydrogens is 219 g/mol. The molecule has 2 N–H and O–H groups in total. The average molecular weight is 236 g/mol. The van der Waals surface area contributed by atoms with Gasteiger partial charge in [-0.2, -0.15) is 0 Å². The first-order valence-corrected chi connectivity index (χ1v) is 5.95. The topological polar surface area (TPSA) is 41.1 Å². The van der Waals surface area contributed by atoms with E-state index in [1.807, 2.05) is 6.92 Å². The average Bonchev–Trinajstić information content (AvgIpc) is 3.10. The largest absolute Gasteiger partial charge is 0.338 e. The van der Waals surface area contributed by atoms with Crippen LogP contribution in [0.25, 0.3) is 0 Å². The van der Waals surface area contributed by atoms with Crippen molar-refractivity contribution in [3.63, 3.8) is 0 Å². The van der Waals surface area contributed by atoms with Crippen LogP contribution < -0.4 is 10.6 Å². The number of rotatable bonds is 4. The number of hydrogen-bond acceptors (Lipinski definition) is 1. The van der Waals surface area contributed by atoms with Gasteiger partial charge in [0, 0.05) is 6.54 Å². The van der Waals surface area contributed by atoms with E-state index < -0.39 is 0 Å². The number of hydrogen-bond donors (Lipinski definition) is 2. The van der Waals surface area contributed by atoms with E-state index >= 15 is 0 Å². The van der Waals surface area contributed by atoms with Crippen LogP contribution in [0.2, 0.25) is 0 Å². The minimum atomic E-state index is -0.283. The number of amides is 2. The maximum Gasteiger partial charge on any atom is 0.315 e. The summed E-state index contributed by atoms with van der Waals surface area (Å²) in [7, 11) is 0. The minimum absolute atomic E-state index is 0.186. The van der Waals surface area contributed by atoms with E-state index in [4.69, 9.17) is 0 Å². The molecule has 0 bridgehead atoms. The van der Waals surface area contributed by atoms with Crippen molar-refractivity contribution in [3.8, 4) is 0 Å². The fourth-order valence-electron chi connectivity index (χ4n) is 1.67. The molecule has 0 radical (unpaired) electrons. The van der Waals surface area contributed by atoms with Gasteiger partial charge >= 0.3 is 6.03 Å². The SMILES string of the molecule is C[C@H](NC(=O)NCC1CC1)c1cccc(F)c1. The molecule has 0 aromatic heterocycles. The van der Waals surface area contributed by atoms with Crippen molar-refractivity contribution in [1.29, 1.82) is 0 Å². The molecule has 1 aliphatic rings. The van der Waals surface area contributed by atoms with Crippen molar-refractivity contribution in [3.05, 3.63) is 35.6 Å². The van der Waals surface area contributed by atoms with E-state index in [2.05, 4.69) is 10.6 Å². The Labute approximate surface area is 100 Å². The Kier molecular flexibility index (Phi) is 3.61. The Hall–Kier alpha value is -1.58. The van der Waals surface area contributed by atoms with Crippen LogP contribution in [0, 0.1) is 11.7 Å². The molecular formula is C13H17FN2O. The van der Waals surface area contributed by atoms with Crippen LogP contribution in [0.15, 0.2) is 24.3 Å². The molecule has 4 heteroatoms. The van der Waals surface area contributed by atoms with Crippen molar-refractivity contribution in [2.24, 2.45) is 5.92 Å². The normalized spacial score (nSPS) is 16.4. The van der Waals surface area contributed by atoms with Crippen LogP contribution in [0.3, 0.4) is 0 Å². The molecule has 0 spiro atoms. The van der Waals surface area contributed by atoms with E-state index in [0.29, 0.717) is 5.92 Å². The highest BCUT2D eigenvalue weighted by atomic mass is 19.1. The number of benzene rings is 1. The highest BCUT2D eigenvalue weighted by molar-refractivity contribution is 5.74. The van der Waals surface area contributed by atoms with Crippen LogP contribution in [0.1, 0.15) is 31.4 Å². The number of carbonyl (C=O) groups is 1. The summed E-state index contributed by atoms with van der Waals surface area (Å²) < 4.78 is 13.0. The van der Waals surface area contributed by atoms with Gasteiger partial charge in [0.15, 0.2) is 0 Å². The third-order valence-corrected chi connectivity index (χ3v) is 2.94. The standard InChI is InChI=1S/C13H17FN2O/c1-9(11-3-2-4-12(14)7-11)16-13(17)15-8-10-5-6-10/h2-4,7,9-10H,5-6,8H2,1H3,(H2,15,16,17)/t9-/m0/s1. The zero-order chi connectivity index (χ0) is 12.3. The monoisotopic (exact) mass is 236 g/mol. The minimum Gasteiger partial charge on any atom is -0.338 e. The predicted molar refractivity (Wildman–Crippen MR) is 64.1 cm³/mol. The smallest absolute Gasteiger partial charge is 0.315 e. The molecule has 1 saturated carbocycles. The molecule has 17 heavy (non-hydrogen) atoms. The van der Waals surface area contributed by atoms with Gasteiger partial charge in [-0.25, -0.2) is 9.18 Å². The molecule has 0 saturated heterocycles. The summed E-state index contributed by atoms with van der Waals surface area (Å²) in [5.74, 6) is 0.375. The lowest BCUT2D eigenvalue weighted by Crippen LogP contribution is -2.38. The van der Waals surface area contributed by atoms with E-state index in [-0.39, 0.29) is 17.9 Å². The highest BCUT2D eigenvalue weighted by Gasteiger charge is 2.21. The van der Waals surface area contributed by atoms with Crippen molar-refractivity contribution >= 4 is 6.03 Å². The van der Waals surface area contributed by atoms with Crippen molar-refractivity contribution in [1.82, 2.24) is 10.6 Å². The molecule has 0 aliphatic heterocycles. The van der Waals surface area contributed by atoms with E-state index in [0.717, 1.165) is 12.1 Å². The molecule has 2 rings (SSSR count). The van der Waals surface area contributed by atoms with Crippen LogP contribution in [-0.2, 0) is 0 Å². The van der Waals surface area contributed by atoms with Gasteiger partial charge in [0.2, 0.25) is 0 Å². The molecule has 1 atom stereocenters. The van der Waals surface area contributed by atoms with Gasteiger partial charge in [-0.15, -0.1) is 0 Å². The van der Waals surface area contributed by atoms with E-state index in [9.17, 15) is 9.18 Å². The Balaban J connectivity index is 1.82. The number of carbonyl (C=O) groups excluding carboxylic acids is 1. The molecule has 1 aliphatic carbocycles. The summed E-state index contributed by atoms with van der Waals surface area (Å²) >= 11 is 0. The van der Waals surface area contributed by atoms with Crippen molar-refractivity contribution in [2.75, 3.05) is 6.54 Å². The number of halogens is 1. The van der Waals surface area contributed by atoms with Crippen LogP contribution in [-0.4, -0.2) is 12.6 Å². The van der Waals surface area contributed by atoms with Crippen LogP contribution in [0.5, 0.6) is 0 Å². The predicted octanol–water partition coefficient (Wildman–Crippen LogP) is 2.60. The summed E-state index contributed by atoms with van der Waals surface area (Å²) in [6.45, 7) is 2.58. The third kappa shape index (κ3) is 3.73. The molecule has 0 heterocycles. The van der Waals surface area contributed by atoms with Gasteiger partial charge < -0.3 is 10.6 Å². The molecule has 1 aromatic carbocycles. The molecule has 1 aromatic rings. The summed E-state index contributed by atoms with van der Waals surface area (Å²) in [4.78, 5) is 11.5. The lowest BCUT2D eigenvalue weighted by Gasteiger charge is -2.15. The molecule has 92 valence electrons.